The Hall–Kier alpha value is -2.22. The second-order valence-electron chi connectivity index (χ2n) is 5.19. The Kier molecular flexibility index (Phi) is 3.84. The topological polar surface area (TPSA) is 0 Å². The van der Waals surface area contributed by atoms with Gasteiger partial charge >= 0.3 is 0 Å². The number of fused-ring (bicyclic) bond motifs is 6. The van der Waals surface area contributed by atoms with E-state index >= 15 is 0 Å². The van der Waals surface area contributed by atoms with Crippen molar-refractivity contribution in [2.45, 2.75) is 20.8 Å². The molecule has 0 unspecified atom stereocenters. The Morgan fingerprint density at radius 3 is 1.08 bits per heavy atom. The van der Waals surface area contributed by atoms with Gasteiger partial charge in [0.15, 0.2) is 0 Å². The maximum Gasteiger partial charge on any atom is 0.0781 e. The molecule has 0 N–H and O–H groups in total. The fraction of sp³-hybridized carbons (Fsp3) is 0.143. The summed E-state index contributed by atoms with van der Waals surface area (Å²) in [6.45, 7) is 5.65. The summed E-state index contributed by atoms with van der Waals surface area (Å²) >= 11 is 5.33. The van der Waals surface area contributed by atoms with Crippen LogP contribution in [-0.2, 0) is 0 Å². The molecule has 1 aromatic carbocycles. The van der Waals surface area contributed by atoms with Crippen LogP contribution >= 0.6 is 34.0 Å². The first kappa shape index (κ1) is 15.3. The number of hydrogen-bond donors (Lipinski definition) is 0. The Balaban J connectivity index is 2.22. The van der Waals surface area contributed by atoms with Crippen molar-refractivity contribution in [2.24, 2.45) is 0 Å². The second kappa shape index (κ2) is 6.01. The summed E-state index contributed by atoms with van der Waals surface area (Å²) in [6, 6.07) is 6.67. The van der Waals surface area contributed by atoms with Crippen LogP contribution in [0.3, 0.4) is 0 Å². The summed E-state index contributed by atoms with van der Waals surface area (Å²) in [6.07, 6.45) is 0. The van der Waals surface area contributed by atoms with Crippen molar-refractivity contribution >= 4 is 64.3 Å². The molecule has 0 aliphatic carbocycles. The maximum atomic E-state index is 3.21. The highest BCUT2D eigenvalue weighted by Crippen LogP contribution is 2.45. The van der Waals surface area contributed by atoms with E-state index in [1.54, 1.807) is 34.0 Å². The van der Waals surface area contributed by atoms with E-state index < -0.39 is 0 Å². The largest absolute Gasteiger partial charge is 0.126 e. The third-order valence-corrected chi connectivity index (χ3v) is 6.93. The van der Waals surface area contributed by atoms with Crippen LogP contribution in [-0.4, -0.2) is 0 Å². The van der Waals surface area contributed by atoms with Crippen molar-refractivity contribution in [1.29, 1.82) is 0 Å². The smallest absolute Gasteiger partial charge is 0.0781 e. The lowest BCUT2D eigenvalue weighted by atomic mass is 10.1. The maximum absolute atomic E-state index is 3.21. The minimum atomic E-state index is 1.12. The molecule has 0 saturated heterocycles. The van der Waals surface area contributed by atoms with Crippen molar-refractivity contribution in [2.75, 3.05) is 0 Å². The van der Waals surface area contributed by atoms with Gasteiger partial charge in [0.05, 0.1) is 14.6 Å². The van der Waals surface area contributed by atoms with E-state index in [1.807, 2.05) is 20.8 Å². The predicted molar refractivity (Wildman–Crippen MR) is 110 cm³/mol. The lowest BCUT2D eigenvalue weighted by Gasteiger charge is -1.96. The van der Waals surface area contributed by atoms with E-state index in [9.17, 15) is 0 Å². The molecule has 0 radical (unpaired) electrons. The Bertz CT molecular complexity index is 1030. The lowest BCUT2D eigenvalue weighted by Crippen LogP contribution is -1.67. The predicted octanol–water partition coefficient (Wildman–Crippen LogP) is 6.44. The summed E-state index contributed by atoms with van der Waals surface area (Å²) in [5.74, 6) is 18.7. The fourth-order valence-corrected chi connectivity index (χ4v) is 6.30. The van der Waals surface area contributed by atoms with Gasteiger partial charge in [0.2, 0.25) is 0 Å². The molecular weight excluding hydrogens is 348 g/mol. The molecule has 4 aromatic rings. The first-order valence-corrected chi connectivity index (χ1v) is 9.91. The molecule has 0 aliphatic heterocycles. The fourth-order valence-electron chi connectivity index (χ4n) is 2.83. The van der Waals surface area contributed by atoms with Gasteiger partial charge in [0.1, 0.15) is 0 Å². The minimum Gasteiger partial charge on any atom is -0.126 e. The van der Waals surface area contributed by atoms with Crippen LogP contribution in [0.15, 0.2) is 18.2 Å². The van der Waals surface area contributed by atoms with Crippen LogP contribution in [0.2, 0.25) is 0 Å². The first-order chi connectivity index (χ1) is 11.7. The molecule has 0 nitrogen and oxygen atoms in total. The van der Waals surface area contributed by atoms with Crippen LogP contribution in [0.25, 0.3) is 30.3 Å². The molecule has 3 heteroatoms. The van der Waals surface area contributed by atoms with Crippen LogP contribution in [0, 0.1) is 35.5 Å². The van der Waals surface area contributed by atoms with Crippen molar-refractivity contribution in [1.82, 2.24) is 0 Å². The molecule has 114 valence electrons. The standard InChI is InChI=1S/C21H12S3/c1-4-7-13-10-16-19(22-13)17-11-14(8-5-2)24-21(17)18-12-15(9-6-3)23-20(16)18/h10-12H,1-3H3. The molecule has 3 aromatic heterocycles. The number of benzene rings is 1. The number of hydrogen-bond acceptors (Lipinski definition) is 3. The molecule has 0 aliphatic rings. The van der Waals surface area contributed by atoms with Gasteiger partial charge in [-0.1, -0.05) is 17.8 Å². The molecular formula is C21H12S3. The summed E-state index contributed by atoms with van der Waals surface area (Å²) in [5.41, 5.74) is 0. The molecule has 24 heavy (non-hydrogen) atoms. The number of rotatable bonds is 0. The summed E-state index contributed by atoms with van der Waals surface area (Å²) < 4.78 is 3.94. The molecule has 4 rings (SSSR count). The van der Waals surface area contributed by atoms with Crippen LogP contribution < -0.4 is 0 Å². The number of thiophene rings is 3. The lowest BCUT2D eigenvalue weighted by molar-refractivity contribution is 1.89. The van der Waals surface area contributed by atoms with Gasteiger partial charge in [-0.15, -0.1) is 51.8 Å². The van der Waals surface area contributed by atoms with E-state index in [2.05, 4.69) is 53.7 Å². The van der Waals surface area contributed by atoms with Gasteiger partial charge in [-0.2, -0.15) is 0 Å². The highest BCUT2D eigenvalue weighted by Gasteiger charge is 2.16. The highest BCUT2D eigenvalue weighted by molar-refractivity contribution is 7.27. The van der Waals surface area contributed by atoms with E-state index in [1.165, 1.54) is 30.3 Å². The Morgan fingerprint density at radius 2 is 0.833 bits per heavy atom. The zero-order chi connectivity index (χ0) is 16.7. The van der Waals surface area contributed by atoms with E-state index in [4.69, 9.17) is 0 Å². The van der Waals surface area contributed by atoms with Crippen molar-refractivity contribution < 1.29 is 0 Å². The quantitative estimate of drug-likeness (QED) is 0.316. The molecule has 0 fully saturated rings. The minimum absolute atomic E-state index is 1.12. The molecule has 0 bridgehead atoms. The van der Waals surface area contributed by atoms with Crippen LogP contribution in [0.1, 0.15) is 35.4 Å². The third-order valence-electron chi connectivity index (χ3n) is 3.67. The molecule has 0 amide bonds. The Labute approximate surface area is 153 Å². The first-order valence-electron chi connectivity index (χ1n) is 7.46. The molecule has 0 spiro atoms. The normalized spacial score (nSPS) is 10.1. The Morgan fingerprint density at radius 1 is 0.542 bits per heavy atom. The zero-order valence-electron chi connectivity index (χ0n) is 13.5. The van der Waals surface area contributed by atoms with Gasteiger partial charge in [0.25, 0.3) is 0 Å². The summed E-state index contributed by atoms with van der Waals surface area (Å²) in [7, 11) is 0. The monoisotopic (exact) mass is 360 g/mol. The molecule has 3 heterocycles. The van der Waals surface area contributed by atoms with Crippen molar-refractivity contribution in [3.8, 4) is 35.5 Å². The van der Waals surface area contributed by atoms with Gasteiger partial charge < -0.3 is 0 Å². The molecule has 0 atom stereocenters. The van der Waals surface area contributed by atoms with Gasteiger partial charge in [-0.05, 0) is 39.0 Å². The van der Waals surface area contributed by atoms with Gasteiger partial charge in [-0.25, -0.2) is 0 Å². The average molecular weight is 361 g/mol. The van der Waals surface area contributed by atoms with Crippen molar-refractivity contribution in [3.05, 3.63) is 32.8 Å². The van der Waals surface area contributed by atoms with Crippen molar-refractivity contribution in [3.63, 3.8) is 0 Å². The second-order valence-corrected chi connectivity index (χ2v) is 8.34. The van der Waals surface area contributed by atoms with Crippen LogP contribution in [0.4, 0.5) is 0 Å². The zero-order valence-corrected chi connectivity index (χ0v) is 15.9. The van der Waals surface area contributed by atoms with E-state index in [-0.39, 0.29) is 0 Å². The van der Waals surface area contributed by atoms with E-state index in [0.717, 1.165) is 14.6 Å². The molecule has 0 saturated carbocycles. The van der Waals surface area contributed by atoms with Crippen LogP contribution in [0.5, 0.6) is 0 Å². The SMILES string of the molecule is CC#Cc1cc2c(s1)c1cc(C#CC)sc1c1cc(C#CC)sc21. The van der Waals surface area contributed by atoms with Gasteiger partial charge in [-0.3, -0.25) is 0 Å². The third kappa shape index (κ3) is 2.32. The highest BCUT2D eigenvalue weighted by atomic mass is 32.1. The summed E-state index contributed by atoms with van der Waals surface area (Å²) in [4.78, 5) is 3.35. The summed E-state index contributed by atoms with van der Waals surface area (Å²) in [5, 5.41) is 3.88. The van der Waals surface area contributed by atoms with E-state index in [0.29, 0.717) is 0 Å². The van der Waals surface area contributed by atoms with Gasteiger partial charge in [0, 0.05) is 30.3 Å². The average Bonchev–Trinajstić information content (AvgIpc) is 3.23.